The molecule has 0 spiro atoms. The Labute approximate surface area is 466 Å². The molecule has 0 atom stereocenters. The molecule has 8 rings (SSSR count). The van der Waals surface area contributed by atoms with Gasteiger partial charge in [-0.25, -0.2) is 9.13 Å². The maximum Gasteiger partial charge on any atom is 0.342 e. The lowest BCUT2D eigenvalue weighted by Crippen LogP contribution is -3.00. The molecular formula is C47H54Br2I4N8S2. The summed E-state index contributed by atoms with van der Waals surface area (Å²) in [7, 11) is 13.7. The van der Waals surface area contributed by atoms with Crippen LogP contribution in [0.4, 0.5) is 11.4 Å². The van der Waals surface area contributed by atoms with E-state index in [2.05, 4.69) is 189 Å². The predicted molar refractivity (Wildman–Crippen MR) is 256 cm³/mol. The molecule has 0 amide bonds. The number of para-hydroxylation sites is 2. The topological polar surface area (TPSA) is 40.0 Å². The molecule has 0 bridgehead atoms. The number of pyridine rings is 2. The first-order valence-corrected chi connectivity index (χ1v) is 23.6. The fourth-order valence-electron chi connectivity index (χ4n) is 8.33. The zero-order chi connectivity index (χ0) is 41.3. The Bertz CT molecular complexity index is 2480. The van der Waals surface area contributed by atoms with Crippen molar-refractivity contribution in [3.05, 3.63) is 128 Å². The smallest absolute Gasteiger partial charge is 0.342 e. The predicted octanol–water partition coefficient (Wildman–Crippen LogP) is -2.13. The summed E-state index contributed by atoms with van der Waals surface area (Å²) in [4.78, 5) is 14.7. The summed E-state index contributed by atoms with van der Waals surface area (Å²) < 4.78 is 10.7. The average molecular weight is 1460 g/mol. The fourth-order valence-corrected chi connectivity index (χ4v) is 11.7. The minimum atomic E-state index is 0. The van der Waals surface area contributed by atoms with Crippen molar-refractivity contribution in [2.45, 2.75) is 19.3 Å². The molecule has 2 aliphatic heterocycles. The lowest BCUT2D eigenvalue weighted by Gasteiger charge is -2.35. The van der Waals surface area contributed by atoms with E-state index in [4.69, 9.17) is 9.97 Å². The molecule has 0 fully saturated rings. The zero-order valence-electron chi connectivity index (χ0n) is 36.4. The first-order chi connectivity index (χ1) is 28.3. The summed E-state index contributed by atoms with van der Waals surface area (Å²) in [5, 5.41) is 2.05. The number of allylic oxidation sites excluding steroid dienone is 4. The highest BCUT2D eigenvalue weighted by Gasteiger charge is 2.24. The molecule has 0 aliphatic carbocycles. The van der Waals surface area contributed by atoms with Gasteiger partial charge in [0.15, 0.2) is 0 Å². The molecule has 2 aromatic carbocycles. The number of halogens is 6. The Morgan fingerprint density at radius 3 is 1.38 bits per heavy atom. The van der Waals surface area contributed by atoms with Gasteiger partial charge in [0, 0.05) is 79.4 Å². The molecule has 4 aromatic heterocycles. The van der Waals surface area contributed by atoms with Crippen LogP contribution in [0, 0.1) is 0 Å². The monoisotopic (exact) mass is 1460 g/mol. The standard InChI is InChI=1S/C47H54Br2N8S2.4HI/c1-52-32-36(48)30-42-46(52)50-44(58-42)28-34-18-22-54(40-16-9-7-14-38(34)40)20-11-24-56(3,4)26-13-27-57(5,6)25-12-21-55-23-19-35(39-15-8-10-17-41(39)55)29-45-51-47-43(59-45)31-37(49)33-53(47)2;;;;/h7-10,14-19,22-23,28-33H,11-13,20-21,24-27H2,1-6H3;4*1H/q+4;;;;/p-4. The van der Waals surface area contributed by atoms with Crippen molar-refractivity contribution in [3.8, 4) is 0 Å². The van der Waals surface area contributed by atoms with Gasteiger partial charge in [-0.2, -0.15) is 0 Å². The number of thiazole rings is 2. The van der Waals surface area contributed by atoms with Crippen molar-refractivity contribution in [1.29, 1.82) is 0 Å². The third-order valence-corrected chi connectivity index (χ3v) is 14.2. The van der Waals surface area contributed by atoms with Crippen molar-refractivity contribution < 1.29 is 114 Å². The lowest BCUT2D eigenvalue weighted by atomic mass is 9.99. The van der Waals surface area contributed by atoms with Gasteiger partial charge in [0.1, 0.15) is 21.8 Å². The summed E-state index contributed by atoms with van der Waals surface area (Å²) in [6.45, 7) is 6.65. The van der Waals surface area contributed by atoms with Crippen LogP contribution in [-0.2, 0) is 14.1 Å². The highest BCUT2D eigenvalue weighted by molar-refractivity contribution is 9.10. The number of nitrogens with zero attached hydrogens (tertiary/aromatic N) is 8. The van der Waals surface area contributed by atoms with E-state index < -0.39 is 0 Å². The van der Waals surface area contributed by atoms with E-state index in [-0.39, 0.29) is 95.9 Å². The van der Waals surface area contributed by atoms with Crippen LogP contribution in [0.5, 0.6) is 0 Å². The van der Waals surface area contributed by atoms with E-state index in [0.29, 0.717) is 0 Å². The highest BCUT2D eigenvalue weighted by atomic mass is 127. The Kier molecular flexibility index (Phi) is 20.5. The number of benzene rings is 2. The maximum atomic E-state index is 4.94. The summed E-state index contributed by atoms with van der Waals surface area (Å²) in [5.41, 5.74) is 9.50. The average Bonchev–Trinajstić information content (AvgIpc) is 3.80. The number of hydrogen-bond acceptors (Lipinski definition) is 6. The second-order valence-corrected chi connectivity index (χ2v) is 21.1. The quantitative estimate of drug-likeness (QED) is 0.0712. The zero-order valence-corrected chi connectivity index (χ0v) is 49.9. The Morgan fingerprint density at radius 1 is 0.587 bits per heavy atom. The molecule has 16 heteroatoms. The summed E-state index contributed by atoms with van der Waals surface area (Å²) in [6.07, 6.45) is 21.1. The van der Waals surface area contributed by atoms with Gasteiger partial charge >= 0.3 is 11.3 Å². The van der Waals surface area contributed by atoms with E-state index in [1.165, 1.54) is 62.6 Å². The third-order valence-electron chi connectivity index (χ3n) is 11.5. The van der Waals surface area contributed by atoms with Gasteiger partial charge in [-0.15, -0.1) is 0 Å². The molecule has 0 unspecified atom stereocenters. The minimum Gasteiger partial charge on any atom is -1.00 e. The van der Waals surface area contributed by atoms with Crippen molar-refractivity contribution in [2.75, 3.05) is 77.3 Å². The molecule has 0 radical (unpaired) electrons. The van der Waals surface area contributed by atoms with Crippen molar-refractivity contribution in [2.24, 2.45) is 14.1 Å². The molecule has 6 heterocycles. The van der Waals surface area contributed by atoms with Gasteiger partial charge in [0.25, 0.3) is 0 Å². The van der Waals surface area contributed by atoms with Gasteiger partial charge in [0.2, 0.25) is 10.0 Å². The van der Waals surface area contributed by atoms with Crippen LogP contribution >= 0.6 is 54.5 Å². The number of anilines is 2. The number of aryl methyl sites for hydroxylation is 2. The normalized spacial score (nSPS) is 14.6. The van der Waals surface area contributed by atoms with Crippen molar-refractivity contribution >= 4 is 110 Å². The summed E-state index contributed by atoms with van der Waals surface area (Å²) in [6, 6.07) is 21.9. The van der Waals surface area contributed by atoms with Crippen LogP contribution in [-0.4, -0.2) is 86.4 Å². The fraction of sp³-hybridized carbons (Fsp3) is 0.319. The molecule has 63 heavy (non-hydrogen) atoms. The Balaban J connectivity index is 0.00000218. The molecule has 6 aromatic rings. The summed E-state index contributed by atoms with van der Waals surface area (Å²) >= 11 is 10.7. The van der Waals surface area contributed by atoms with Gasteiger partial charge in [0.05, 0.1) is 77.4 Å². The highest BCUT2D eigenvalue weighted by Crippen LogP contribution is 2.37. The van der Waals surface area contributed by atoms with Crippen molar-refractivity contribution in [1.82, 2.24) is 9.97 Å². The maximum absolute atomic E-state index is 4.94. The van der Waals surface area contributed by atoms with Gasteiger partial charge in [-0.1, -0.05) is 59.1 Å². The Hall–Kier alpha value is -1.12. The second-order valence-electron chi connectivity index (χ2n) is 17.1. The van der Waals surface area contributed by atoms with Gasteiger partial charge in [-0.3, -0.25) is 0 Å². The number of rotatable bonds is 14. The van der Waals surface area contributed by atoms with E-state index in [1.54, 1.807) is 22.7 Å². The van der Waals surface area contributed by atoms with Crippen LogP contribution < -0.4 is 115 Å². The van der Waals surface area contributed by atoms with Gasteiger partial charge < -0.3 is 115 Å². The first kappa shape index (κ1) is 54.5. The number of fused-ring (bicyclic) bond motifs is 4. The van der Waals surface area contributed by atoms with Crippen LogP contribution in [0.3, 0.4) is 0 Å². The van der Waals surface area contributed by atoms with Crippen molar-refractivity contribution in [3.63, 3.8) is 0 Å². The van der Waals surface area contributed by atoms with Crippen LogP contribution in [0.1, 0.15) is 40.4 Å². The number of aromatic nitrogens is 4. The SMILES string of the molecule is C[n+]1cc(Br)cc2sc(C=C3C=CN(CCC[N+](C)(C)CCC[N+](C)(C)CCCN4C=CC(=Cc5nc6c(cc(Br)c[n+]6C)s5)c5ccccc54)c4ccccc43)nc21.[I-].[I-].[I-].[I-]. The summed E-state index contributed by atoms with van der Waals surface area (Å²) in [5.74, 6) is 0. The lowest BCUT2D eigenvalue weighted by molar-refractivity contribution is -0.909. The molecule has 336 valence electrons. The molecule has 0 saturated heterocycles. The Morgan fingerprint density at radius 2 is 0.968 bits per heavy atom. The molecule has 0 saturated carbocycles. The van der Waals surface area contributed by atoms with E-state index in [1.807, 2.05) is 14.1 Å². The second kappa shape index (κ2) is 23.7. The van der Waals surface area contributed by atoms with E-state index in [0.717, 1.165) is 78.2 Å². The van der Waals surface area contributed by atoms with Crippen LogP contribution in [0.15, 0.2) is 107 Å². The molecule has 2 aliphatic rings. The molecular weight excluding hydrogens is 1410 g/mol. The molecule has 8 nitrogen and oxygen atoms in total. The number of quaternary nitrogens is 2. The third kappa shape index (κ3) is 13.5. The van der Waals surface area contributed by atoms with E-state index in [9.17, 15) is 0 Å². The van der Waals surface area contributed by atoms with Crippen LogP contribution in [0.25, 0.3) is 44.0 Å². The van der Waals surface area contributed by atoms with E-state index >= 15 is 0 Å². The number of hydrogen-bond donors (Lipinski definition) is 0. The van der Waals surface area contributed by atoms with Crippen LogP contribution in [0.2, 0.25) is 0 Å². The molecule has 0 N–H and O–H groups in total. The first-order valence-electron chi connectivity index (χ1n) is 20.4. The minimum absolute atomic E-state index is 0. The largest absolute Gasteiger partial charge is 1.00 e. The van der Waals surface area contributed by atoms with Gasteiger partial charge in [-0.05, 0) is 89.4 Å².